The van der Waals surface area contributed by atoms with E-state index in [0.717, 1.165) is 26.2 Å². The number of rotatable bonds is 5. The van der Waals surface area contributed by atoms with E-state index >= 15 is 0 Å². The zero-order valence-corrected chi connectivity index (χ0v) is 14.4. The minimum atomic E-state index is 0.968. The number of hydrogen-bond acceptors (Lipinski definition) is 0. The van der Waals surface area contributed by atoms with Crippen molar-refractivity contribution in [2.24, 2.45) is 0 Å². The predicted octanol–water partition coefficient (Wildman–Crippen LogP) is 2.91. The van der Waals surface area contributed by atoms with Gasteiger partial charge in [-0.3, -0.25) is 0 Å². The number of hydrogen-bond donors (Lipinski definition) is 0. The van der Waals surface area contributed by atoms with Gasteiger partial charge in [0.2, 0.25) is 12.7 Å². The number of aromatic nitrogens is 4. The summed E-state index contributed by atoms with van der Waals surface area (Å²) in [5, 5.41) is 0. The van der Waals surface area contributed by atoms with Gasteiger partial charge >= 0.3 is 0 Å². The Hall–Kier alpha value is -2.62. The lowest BCUT2D eigenvalue weighted by atomic mass is 10.3. The molecule has 122 valence electrons. The number of imidazole rings is 2. The molecule has 0 fully saturated rings. The average molecular weight is 320 g/mol. The predicted molar refractivity (Wildman–Crippen MR) is 95.6 cm³/mol. The molecule has 0 spiro atoms. The second-order valence-corrected chi connectivity index (χ2v) is 6.17. The van der Waals surface area contributed by atoms with Gasteiger partial charge in [-0.15, -0.1) is 0 Å². The third kappa shape index (κ3) is 2.39. The molecule has 0 radical (unpaired) electrons. The average Bonchev–Trinajstić information content (AvgIpc) is 3.18. The zero-order chi connectivity index (χ0) is 16.5. The second kappa shape index (κ2) is 6.11. The van der Waals surface area contributed by atoms with Gasteiger partial charge < -0.3 is 0 Å². The molecule has 2 aromatic heterocycles. The molecular weight excluding hydrogens is 296 g/mol. The Bertz CT molecular complexity index is 911. The quantitative estimate of drug-likeness (QED) is 0.503. The zero-order valence-electron chi connectivity index (χ0n) is 14.4. The Morgan fingerprint density at radius 1 is 0.667 bits per heavy atom. The van der Waals surface area contributed by atoms with Crippen LogP contribution in [-0.2, 0) is 26.2 Å². The van der Waals surface area contributed by atoms with Crippen molar-refractivity contribution in [3.63, 3.8) is 0 Å². The van der Waals surface area contributed by atoms with Crippen LogP contribution in [0.25, 0.3) is 22.1 Å². The summed E-state index contributed by atoms with van der Waals surface area (Å²) < 4.78 is 9.36. The fourth-order valence-corrected chi connectivity index (χ4v) is 3.56. The SMILES string of the molecule is CCn1c[n+](CC[n+]2cn(CC)c3ccccc32)c2ccccc21. The molecule has 0 aliphatic heterocycles. The fraction of sp³-hybridized carbons (Fsp3) is 0.300. The van der Waals surface area contributed by atoms with E-state index in [1.54, 1.807) is 0 Å². The first-order chi connectivity index (χ1) is 11.8. The van der Waals surface area contributed by atoms with E-state index in [1.807, 2.05) is 0 Å². The molecule has 0 saturated carbocycles. The van der Waals surface area contributed by atoms with Crippen molar-refractivity contribution in [3.8, 4) is 0 Å². The summed E-state index contributed by atoms with van der Waals surface area (Å²) in [5.41, 5.74) is 5.22. The minimum absolute atomic E-state index is 0.968. The van der Waals surface area contributed by atoms with Crippen molar-refractivity contribution in [1.29, 1.82) is 0 Å². The lowest BCUT2D eigenvalue weighted by Crippen LogP contribution is -2.43. The van der Waals surface area contributed by atoms with Crippen LogP contribution in [0, 0.1) is 0 Å². The Morgan fingerprint density at radius 3 is 1.50 bits per heavy atom. The molecule has 0 atom stereocenters. The summed E-state index contributed by atoms with van der Waals surface area (Å²) in [6.07, 6.45) is 4.48. The first kappa shape index (κ1) is 14.9. The summed E-state index contributed by atoms with van der Waals surface area (Å²) in [5.74, 6) is 0. The number of fused-ring (bicyclic) bond motifs is 2. The molecular formula is C20H24N4+2. The Kier molecular flexibility index (Phi) is 3.81. The van der Waals surface area contributed by atoms with Crippen molar-refractivity contribution in [2.75, 3.05) is 0 Å². The van der Waals surface area contributed by atoms with E-state index in [9.17, 15) is 0 Å². The topological polar surface area (TPSA) is 17.6 Å². The van der Waals surface area contributed by atoms with Crippen molar-refractivity contribution in [2.45, 2.75) is 40.0 Å². The van der Waals surface area contributed by atoms with E-state index in [1.165, 1.54) is 22.1 Å². The van der Waals surface area contributed by atoms with Gasteiger partial charge in [0.05, 0.1) is 13.1 Å². The van der Waals surface area contributed by atoms with Gasteiger partial charge in [-0.1, -0.05) is 24.3 Å². The van der Waals surface area contributed by atoms with E-state index in [4.69, 9.17) is 0 Å². The van der Waals surface area contributed by atoms with Crippen LogP contribution in [0.3, 0.4) is 0 Å². The molecule has 0 N–H and O–H groups in total. The van der Waals surface area contributed by atoms with Gasteiger partial charge in [0.15, 0.2) is 22.1 Å². The van der Waals surface area contributed by atoms with Crippen molar-refractivity contribution < 1.29 is 9.13 Å². The van der Waals surface area contributed by atoms with Crippen LogP contribution in [0.15, 0.2) is 61.2 Å². The monoisotopic (exact) mass is 320 g/mol. The fourth-order valence-electron chi connectivity index (χ4n) is 3.56. The molecule has 4 rings (SSSR count). The highest BCUT2D eigenvalue weighted by molar-refractivity contribution is 5.72. The maximum absolute atomic E-state index is 2.36. The third-order valence-electron chi connectivity index (χ3n) is 4.82. The number of aryl methyl sites for hydroxylation is 4. The Morgan fingerprint density at radius 2 is 1.08 bits per heavy atom. The summed E-state index contributed by atoms with van der Waals surface area (Å²) in [7, 11) is 0. The highest BCUT2D eigenvalue weighted by Crippen LogP contribution is 2.12. The minimum Gasteiger partial charge on any atom is -0.230 e. The first-order valence-electron chi connectivity index (χ1n) is 8.76. The molecule has 0 amide bonds. The van der Waals surface area contributed by atoms with Gasteiger partial charge in [0.1, 0.15) is 13.1 Å². The highest BCUT2D eigenvalue weighted by atomic mass is 15.2. The summed E-state index contributed by atoms with van der Waals surface area (Å²) >= 11 is 0. The van der Waals surface area contributed by atoms with Crippen LogP contribution < -0.4 is 9.13 Å². The van der Waals surface area contributed by atoms with Gasteiger partial charge in [-0.05, 0) is 38.1 Å². The smallest absolute Gasteiger partial charge is 0.230 e. The maximum atomic E-state index is 2.36. The molecule has 2 aromatic carbocycles. The summed E-state index contributed by atoms with van der Waals surface area (Å²) in [6, 6.07) is 17.3. The number of nitrogens with zero attached hydrogens (tertiary/aromatic N) is 4. The second-order valence-electron chi connectivity index (χ2n) is 6.17. The lowest BCUT2D eigenvalue weighted by Gasteiger charge is -1.97. The van der Waals surface area contributed by atoms with Crippen LogP contribution in [0.5, 0.6) is 0 Å². The van der Waals surface area contributed by atoms with Gasteiger partial charge in [0.25, 0.3) is 0 Å². The van der Waals surface area contributed by atoms with E-state index in [2.05, 4.69) is 93.3 Å². The Balaban J connectivity index is 1.69. The van der Waals surface area contributed by atoms with Crippen molar-refractivity contribution in [1.82, 2.24) is 9.13 Å². The third-order valence-corrected chi connectivity index (χ3v) is 4.82. The van der Waals surface area contributed by atoms with Gasteiger partial charge in [-0.25, -0.2) is 18.3 Å². The van der Waals surface area contributed by atoms with Crippen LogP contribution in [-0.4, -0.2) is 9.13 Å². The maximum Gasteiger partial charge on any atom is 0.244 e. The van der Waals surface area contributed by atoms with E-state index < -0.39 is 0 Å². The molecule has 24 heavy (non-hydrogen) atoms. The molecule has 0 aliphatic rings. The Labute approximate surface area is 142 Å². The molecule has 0 bridgehead atoms. The van der Waals surface area contributed by atoms with E-state index in [0.29, 0.717) is 0 Å². The van der Waals surface area contributed by atoms with Gasteiger partial charge in [0, 0.05) is 0 Å². The molecule has 4 heteroatoms. The number of para-hydroxylation sites is 4. The normalized spacial score (nSPS) is 11.6. The van der Waals surface area contributed by atoms with Crippen LogP contribution in [0.4, 0.5) is 0 Å². The highest BCUT2D eigenvalue weighted by Gasteiger charge is 2.17. The van der Waals surface area contributed by atoms with Crippen LogP contribution in [0.2, 0.25) is 0 Å². The standard InChI is InChI=1S/C20H24N4/c1-3-21-15-23(19-11-7-5-9-17(19)21)13-14-24-16-22(4-2)18-10-6-8-12-20(18)24/h5-12,15-16H,3-4,13-14H2,1-2H3/q+2. The molecule has 4 nitrogen and oxygen atoms in total. The molecule has 0 aliphatic carbocycles. The summed E-state index contributed by atoms with van der Waals surface area (Å²) in [4.78, 5) is 0. The van der Waals surface area contributed by atoms with Crippen LogP contribution >= 0.6 is 0 Å². The summed E-state index contributed by atoms with van der Waals surface area (Å²) in [6.45, 7) is 8.32. The van der Waals surface area contributed by atoms with Crippen molar-refractivity contribution in [3.05, 3.63) is 61.2 Å². The first-order valence-corrected chi connectivity index (χ1v) is 8.76. The molecule has 2 heterocycles. The van der Waals surface area contributed by atoms with Gasteiger partial charge in [-0.2, -0.15) is 0 Å². The lowest BCUT2D eigenvalue weighted by molar-refractivity contribution is -0.755. The van der Waals surface area contributed by atoms with Crippen molar-refractivity contribution >= 4 is 22.1 Å². The molecule has 0 saturated heterocycles. The van der Waals surface area contributed by atoms with E-state index in [-0.39, 0.29) is 0 Å². The number of benzene rings is 2. The largest absolute Gasteiger partial charge is 0.244 e. The molecule has 4 aromatic rings. The van der Waals surface area contributed by atoms with Crippen LogP contribution in [0.1, 0.15) is 13.8 Å². The molecule has 0 unspecified atom stereocenters.